The highest BCUT2D eigenvalue weighted by molar-refractivity contribution is 7.89. The van der Waals surface area contributed by atoms with Crippen molar-refractivity contribution in [3.05, 3.63) is 58.5 Å². The maximum Gasteiger partial charge on any atom is 0.257 e. The van der Waals surface area contributed by atoms with Crippen molar-refractivity contribution in [1.82, 2.24) is 14.9 Å². The van der Waals surface area contributed by atoms with Crippen LogP contribution in [0.4, 0.5) is 5.13 Å². The molecular weight excluding hydrogens is 400 g/mol. The van der Waals surface area contributed by atoms with Gasteiger partial charge in [0.15, 0.2) is 0 Å². The van der Waals surface area contributed by atoms with E-state index in [1.807, 2.05) is 6.92 Å². The Morgan fingerprint density at radius 2 is 2.07 bits per heavy atom. The van der Waals surface area contributed by atoms with Gasteiger partial charge in [-0.25, -0.2) is 13.1 Å². The van der Waals surface area contributed by atoms with Gasteiger partial charge in [-0.15, -0.1) is 10.2 Å². The van der Waals surface area contributed by atoms with E-state index in [1.165, 1.54) is 29.7 Å². The molecule has 1 amide bonds. The Morgan fingerprint density at radius 1 is 1.25 bits per heavy atom. The highest BCUT2D eigenvalue weighted by Gasteiger charge is 2.19. The number of amides is 1. The van der Waals surface area contributed by atoms with Crippen LogP contribution in [0, 0.1) is 6.92 Å². The molecule has 0 spiro atoms. The minimum absolute atomic E-state index is 0.00116. The Kier molecular flexibility index (Phi) is 6.22. The zero-order valence-electron chi connectivity index (χ0n) is 15.4. The van der Waals surface area contributed by atoms with Crippen molar-refractivity contribution in [3.8, 4) is 0 Å². The van der Waals surface area contributed by atoms with Crippen LogP contribution < -0.4 is 10.0 Å². The van der Waals surface area contributed by atoms with Gasteiger partial charge < -0.3 is 4.42 Å². The molecule has 3 aromatic rings. The van der Waals surface area contributed by atoms with Gasteiger partial charge in [0.25, 0.3) is 5.91 Å². The molecule has 0 radical (unpaired) electrons. The molecule has 0 aliphatic heterocycles. The van der Waals surface area contributed by atoms with E-state index in [2.05, 4.69) is 20.2 Å². The lowest BCUT2D eigenvalue weighted by Crippen LogP contribution is -2.24. The van der Waals surface area contributed by atoms with Gasteiger partial charge in [0, 0.05) is 12.0 Å². The van der Waals surface area contributed by atoms with Crippen molar-refractivity contribution in [2.24, 2.45) is 0 Å². The molecule has 0 fully saturated rings. The summed E-state index contributed by atoms with van der Waals surface area (Å²) in [7, 11) is -3.80. The van der Waals surface area contributed by atoms with Gasteiger partial charge in [0.05, 0.1) is 17.7 Å². The van der Waals surface area contributed by atoms with Crippen LogP contribution in [0.2, 0.25) is 0 Å². The van der Waals surface area contributed by atoms with Gasteiger partial charge in [0.2, 0.25) is 15.2 Å². The van der Waals surface area contributed by atoms with E-state index in [4.69, 9.17) is 4.42 Å². The number of furan rings is 1. The van der Waals surface area contributed by atoms with Crippen LogP contribution in [0.5, 0.6) is 0 Å². The zero-order valence-corrected chi connectivity index (χ0v) is 17.1. The van der Waals surface area contributed by atoms with E-state index < -0.39 is 15.9 Å². The number of benzene rings is 1. The molecule has 0 unspecified atom stereocenters. The summed E-state index contributed by atoms with van der Waals surface area (Å²) in [6.07, 6.45) is 3.20. The number of anilines is 1. The average molecular weight is 421 g/mol. The fraction of sp³-hybridized carbons (Fsp3) is 0.278. The third kappa shape index (κ3) is 4.83. The van der Waals surface area contributed by atoms with Crippen molar-refractivity contribution >= 4 is 32.4 Å². The molecule has 0 aliphatic rings. The largest absolute Gasteiger partial charge is 0.468 e. The number of aryl methyl sites for hydroxylation is 2. The Labute approximate surface area is 167 Å². The summed E-state index contributed by atoms with van der Waals surface area (Å²) in [5.41, 5.74) is 0.911. The number of hydrogen-bond acceptors (Lipinski definition) is 7. The number of sulfonamides is 1. The molecule has 3 rings (SSSR count). The summed E-state index contributed by atoms with van der Waals surface area (Å²) in [6, 6.07) is 7.76. The minimum Gasteiger partial charge on any atom is -0.468 e. The van der Waals surface area contributed by atoms with Gasteiger partial charge in [-0.1, -0.05) is 24.3 Å². The van der Waals surface area contributed by atoms with Crippen LogP contribution >= 0.6 is 11.3 Å². The van der Waals surface area contributed by atoms with Gasteiger partial charge in [0.1, 0.15) is 10.8 Å². The van der Waals surface area contributed by atoms with E-state index in [-0.39, 0.29) is 17.0 Å². The Bertz CT molecular complexity index is 1060. The minimum atomic E-state index is -3.80. The van der Waals surface area contributed by atoms with E-state index in [9.17, 15) is 13.2 Å². The fourth-order valence-corrected chi connectivity index (χ4v) is 4.31. The first-order valence-electron chi connectivity index (χ1n) is 8.65. The smallest absolute Gasteiger partial charge is 0.257 e. The van der Waals surface area contributed by atoms with Crippen molar-refractivity contribution in [3.63, 3.8) is 0 Å². The van der Waals surface area contributed by atoms with Gasteiger partial charge in [-0.3, -0.25) is 10.1 Å². The van der Waals surface area contributed by atoms with E-state index in [1.54, 1.807) is 25.1 Å². The summed E-state index contributed by atoms with van der Waals surface area (Å²) >= 11 is 1.31. The van der Waals surface area contributed by atoms with Gasteiger partial charge in [-0.2, -0.15) is 0 Å². The Hall–Kier alpha value is -2.56. The normalized spacial score (nSPS) is 11.5. The first kappa shape index (κ1) is 20.2. The lowest BCUT2D eigenvalue weighted by atomic mass is 10.1. The predicted octanol–water partition coefficient (Wildman–Crippen LogP) is 3.12. The van der Waals surface area contributed by atoms with Crippen molar-refractivity contribution < 1.29 is 17.6 Å². The molecule has 0 saturated heterocycles. The van der Waals surface area contributed by atoms with Crippen molar-refractivity contribution in [2.75, 3.05) is 5.32 Å². The Morgan fingerprint density at radius 3 is 2.79 bits per heavy atom. The summed E-state index contributed by atoms with van der Waals surface area (Å²) in [5, 5.41) is 11.9. The van der Waals surface area contributed by atoms with Crippen LogP contribution in [-0.2, 0) is 23.0 Å². The van der Waals surface area contributed by atoms with Crippen molar-refractivity contribution in [2.45, 2.75) is 38.1 Å². The van der Waals surface area contributed by atoms with Gasteiger partial charge >= 0.3 is 0 Å². The molecule has 1 aromatic carbocycles. The molecule has 8 nitrogen and oxygen atoms in total. The second kappa shape index (κ2) is 8.63. The third-order valence-electron chi connectivity index (χ3n) is 3.93. The standard InChI is InChI=1S/C18H20N4O4S2/c1-3-5-16-21-22-18(27-16)20-17(23)15-10-14(8-7-12(15)2)28(24,25)19-11-13-6-4-9-26-13/h4,6-10,19H,3,5,11H2,1-2H3,(H,20,22,23). The van der Waals surface area contributed by atoms with E-state index in [0.717, 1.165) is 17.8 Å². The molecule has 2 heterocycles. The summed E-state index contributed by atoms with van der Waals surface area (Å²) in [6.45, 7) is 3.80. The van der Waals surface area contributed by atoms with Crippen LogP contribution in [0.25, 0.3) is 0 Å². The number of nitrogens with zero attached hydrogens (tertiary/aromatic N) is 2. The van der Waals surface area contributed by atoms with Gasteiger partial charge in [-0.05, 0) is 43.2 Å². The lowest BCUT2D eigenvalue weighted by Gasteiger charge is -2.10. The van der Waals surface area contributed by atoms with Crippen LogP contribution in [0.1, 0.15) is 40.0 Å². The predicted molar refractivity (Wildman–Crippen MR) is 106 cm³/mol. The molecule has 2 aromatic heterocycles. The summed E-state index contributed by atoms with van der Waals surface area (Å²) in [4.78, 5) is 12.6. The number of nitrogens with one attached hydrogen (secondary N) is 2. The monoisotopic (exact) mass is 420 g/mol. The van der Waals surface area contributed by atoms with E-state index >= 15 is 0 Å². The second-order valence-electron chi connectivity index (χ2n) is 6.09. The molecule has 0 aliphatic carbocycles. The molecule has 0 bridgehead atoms. The number of rotatable bonds is 8. The zero-order chi connectivity index (χ0) is 20.1. The average Bonchev–Trinajstić information content (AvgIpc) is 3.32. The first-order valence-corrected chi connectivity index (χ1v) is 11.0. The quantitative estimate of drug-likeness (QED) is 0.579. The molecular formula is C18H20N4O4S2. The highest BCUT2D eigenvalue weighted by Crippen LogP contribution is 2.20. The molecule has 28 heavy (non-hydrogen) atoms. The van der Waals surface area contributed by atoms with Crippen LogP contribution in [0.15, 0.2) is 45.9 Å². The Balaban J connectivity index is 1.76. The topological polar surface area (TPSA) is 114 Å². The molecule has 2 N–H and O–H groups in total. The molecule has 0 atom stereocenters. The summed E-state index contributed by atoms with van der Waals surface area (Å²) in [5.74, 6) is 0.0626. The third-order valence-corrected chi connectivity index (χ3v) is 6.23. The highest BCUT2D eigenvalue weighted by atomic mass is 32.2. The number of aromatic nitrogens is 2. The molecule has 148 valence electrons. The van der Waals surface area contributed by atoms with Crippen molar-refractivity contribution in [1.29, 1.82) is 0 Å². The molecule has 0 saturated carbocycles. The number of carbonyl (C=O) groups excluding carboxylic acids is 1. The van der Waals surface area contributed by atoms with E-state index in [0.29, 0.717) is 16.5 Å². The number of carbonyl (C=O) groups is 1. The number of hydrogen-bond donors (Lipinski definition) is 2. The lowest BCUT2D eigenvalue weighted by molar-refractivity contribution is 0.102. The maximum absolute atomic E-state index is 12.6. The summed E-state index contributed by atoms with van der Waals surface area (Å²) < 4.78 is 32.7. The molecule has 10 heteroatoms. The van der Waals surface area contributed by atoms with Crippen LogP contribution in [-0.4, -0.2) is 24.5 Å². The SMILES string of the molecule is CCCc1nnc(NC(=O)c2cc(S(=O)(=O)NCc3ccco3)ccc2C)s1. The second-order valence-corrected chi connectivity index (χ2v) is 8.91. The fourth-order valence-electron chi connectivity index (χ4n) is 2.46. The maximum atomic E-state index is 12.6. The van der Waals surface area contributed by atoms with Crippen LogP contribution in [0.3, 0.4) is 0 Å². The first-order chi connectivity index (χ1) is 13.4.